The molecule has 4 N–H and O–H groups in total. The van der Waals surface area contributed by atoms with Crippen molar-refractivity contribution >= 4 is 33.5 Å². The van der Waals surface area contributed by atoms with Crippen molar-refractivity contribution in [1.82, 2.24) is 0 Å². The molecule has 0 unspecified atom stereocenters. The molecule has 86 valence electrons. The number of carbonyl (C=O) groups excluding carboxylic acids is 1. The van der Waals surface area contributed by atoms with Crippen molar-refractivity contribution in [3.05, 3.63) is 28.2 Å². The Morgan fingerprint density at radius 2 is 2.12 bits per heavy atom. The molecule has 1 aromatic rings. The predicted octanol–water partition coefficient (Wildman–Crippen LogP) is 1.43. The van der Waals surface area contributed by atoms with E-state index in [-0.39, 0.29) is 24.4 Å². The molecule has 0 bridgehead atoms. The van der Waals surface area contributed by atoms with E-state index >= 15 is 0 Å². The Bertz CT molecular complexity index is 421. The summed E-state index contributed by atoms with van der Waals surface area (Å²) in [4.78, 5) is 22.1. The van der Waals surface area contributed by atoms with Crippen LogP contribution in [0.3, 0.4) is 0 Å². The summed E-state index contributed by atoms with van der Waals surface area (Å²) in [6, 6.07) is 4.58. The Morgan fingerprint density at radius 3 is 2.69 bits per heavy atom. The molecule has 0 fully saturated rings. The van der Waals surface area contributed by atoms with Crippen LogP contribution in [0.15, 0.2) is 22.7 Å². The summed E-state index contributed by atoms with van der Waals surface area (Å²) in [5, 5.41) is 11.4. The Morgan fingerprint density at radius 1 is 1.44 bits per heavy atom. The lowest BCUT2D eigenvalue weighted by Gasteiger charge is -2.06. The first-order valence-electron chi connectivity index (χ1n) is 4.57. The molecule has 0 aliphatic heterocycles. The van der Waals surface area contributed by atoms with E-state index in [4.69, 9.17) is 10.8 Å². The first-order valence-corrected chi connectivity index (χ1v) is 5.36. The van der Waals surface area contributed by atoms with Crippen LogP contribution in [0.5, 0.6) is 0 Å². The van der Waals surface area contributed by atoms with Crippen LogP contribution in [-0.4, -0.2) is 23.5 Å². The summed E-state index contributed by atoms with van der Waals surface area (Å²) < 4.78 is 0.469. The SMILES string of the molecule is NCCC(=O)Nc1ccc(Br)c(C(=O)O)c1. The molecular formula is C10H11BrN2O3. The maximum Gasteiger partial charge on any atom is 0.336 e. The zero-order valence-corrected chi connectivity index (χ0v) is 9.95. The number of rotatable bonds is 4. The second kappa shape index (κ2) is 5.62. The summed E-state index contributed by atoms with van der Waals surface area (Å²) in [7, 11) is 0. The molecule has 0 saturated carbocycles. The van der Waals surface area contributed by atoms with Crippen molar-refractivity contribution in [2.24, 2.45) is 5.73 Å². The van der Waals surface area contributed by atoms with E-state index in [0.29, 0.717) is 10.2 Å². The molecular weight excluding hydrogens is 276 g/mol. The van der Waals surface area contributed by atoms with Crippen molar-refractivity contribution in [2.45, 2.75) is 6.42 Å². The van der Waals surface area contributed by atoms with Crippen molar-refractivity contribution in [1.29, 1.82) is 0 Å². The largest absolute Gasteiger partial charge is 0.478 e. The number of carboxylic acids is 1. The number of anilines is 1. The third-order valence-electron chi connectivity index (χ3n) is 1.85. The normalized spacial score (nSPS) is 9.88. The quantitative estimate of drug-likeness (QED) is 0.781. The number of aromatic carboxylic acids is 1. The number of carboxylic acid groups (broad SMARTS) is 1. The van der Waals surface area contributed by atoms with Gasteiger partial charge in [-0.3, -0.25) is 4.79 Å². The van der Waals surface area contributed by atoms with Crippen LogP contribution in [0, 0.1) is 0 Å². The average Bonchev–Trinajstić information content (AvgIpc) is 2.21. The van der Waals surface area contributed by atoms with Crippen LogP contribution in [0.2, 0.25) is 0 Å². The van der Waals surface area contributed by atoms with Crippen molar-refractivity contribution < 1.29 is 14.7 Å². The highest BCUT2D eigenvalue weighted by Crippen LogP contribution is 2.21. The highest BCUT2D eigenvalue weighted by molar-refractivity contribution is 9.10. The highest BCUT2D eigenvalue weighted by atomic mass is 79.9. The van der Waals surface area contributed by atoms with Gasteiger partial charge in [-0.05, 0) is 34.1 Å². The van der Waals surface area contributed by atoms with E-state index in [1.165, 1.54) is 6.07 Å². The van der Waals surface area contributed by atoms with Crippen LogP contribution in [-0.2, 0) is 4.79 Å². The van der Waals surface area contributed by atoms with Gasteiger partial charge in [-0.15, -0.1) is 0 Å². The van der Waals surface area contributed by atoms with Gasteiger partial charge in [0.15, 0.2) is 0 Å². The van der Waals surface area contributed by atoms with Crippen molar-refractivity contribution in [3.8, 4) is 0 Å². The van der Waals surface area contributed by atoms with E-state index < -0.39 is 5.97 Å². The fraction of sp³-hybridized carbons (Fsp3) is 0.200. The van der Waals surface area contributed by atoms with Gasteiger partial charge in [-0.25, -0.2) is 4.79 Å². The fourth-order valence-corrected chi connectivity index (χ4v) is 1.54. The second-order valence-corrected chi connectivity index (χ2v) is 3.94. The number of nitrogens with one attached hydrogen (secondary N) is 1. The van der Waals surface area contributed by atoms with Gasteiger partial charge >= 0.3 is 5.97 Å². The molecule has 16 heavy (non-hydrogen) atoms. The summed E-state index contributed by atoms with van der Waals surface area (Å²) in [5.74, 6) is -1.29. The predicted molar refractivity (Wildman–Crippen MR) is 63.4 cm³/mol. The average molecular weight is 287 g/mol. The van der Waals surface area contributed by atoms with Gasteiger partial charge in [0.25, 0.3) is 0 Å². The van der Waals surface area contributed by atoms with E-state index in [1.54, 1.807) is 12.1 Å². The molecule has 0 heterocycles. The number of nitrogens with two attached hydrogens (primary N) is 1. The maximum atomic E-state index is 11.2. The fourth-order valence-electron chi connectivity index (χ4n) is 1.12. The van der Waals surface area contributed by atoms with E-state index in [2.05, 4.69) is 21.2 Å². The van der Waals surface area contributed by atoms with Gasteiger partial charge in [0.2, 0.25) is 5.91 Å². The first kappa shape index (κ1) is 12.7. The van der Waals surface area contributed by atoms with Gasteiger partial charge in [-0.1, -0.05) is 0 Å². The Balaban J connectivity index is 2.87. The summed E-state index contributed by atoms with van der Waals surface area (Å²) >= 11 is 3.11. The number of halogens is 1. The lowest BCUT2D eigenvalue weighted by atomic mass is 10.2. The van der Waals surface area contributed by atoms with E-state index in [0.717, 1.165) is 0 Å². The zero-order chi connectivity index (χ0) is 12.1. The molecule has 6 heteroatoms. The van der Waals surface area contributed by atoms with Crippen LogP contribution in [0.4, 0.5) is 5.69 Å². The van der Waals surface area contributed by atoms with Crippen LogP contribution in [0.25, 0.3) is 0 Å². The third-order valence-corrected chi connectivity index (χ3v) is 2.54. The topological polar surface area (TPSA) is 92.4 Å². The van der Waals surface area contributed by atoms with Crippen molar-refractivity contribution in [2.75, 3.05) is 11.9 Å². The van der Waals surface area contributed by atoms with Gasteiger partial charge in [0, 0.05) is 23.1 Å². The minimum absolute atomic E-state index is 0.102. The smallest absolute Gasteiger partial charge is 0.336 e. The molecule has 1 rings (SSSR count). The molecule has 0 atom stereocenters. The Kier molecular flexibility index (Phi) is 4.45. The maximum absolute atomic E-state index is 11.2. The molecule has 0 saturated heterocycles. The van der Waals surface area contributed by atoms with E-state index in [9.17, 15) is 9.59 Å². The molecule has 5 nitrogen and oxygen atoms in total. The lowest BCUT2D eigenvalue weighted by molar-refractivity contribution is -0.116. The first-order chi connectivity index (χ1) is 7.54. The number of hydrogen-bond donors (Lipinski definition) is 3. The molecule has 0 radical (unpaired) electrons. The number of benzene rings is 1. The second-order valence-electron chi connectivity index (χ2n) is 3.09. The van der Waals surface area contributed by atoms with E-state index in [1.807, 2.05) is 0 Å². The Labute approximate surface area is 101 Å². The van der Waals surface area contributed by atoms with Crippen LogP contribution >= 0.6 is 15.9 Å². The number of hydrogen-bond acceptors (Lipinski definition) is 3. The summed E-state index contributed by atoms with van der Waals surface area (Å²) in [5.41, 5.74) is 5.77. The molecule has 1 amide bonds. The molecule has 0 spiro atoms. The monoisotopic (exact) mass is 286 g/mol. The van der Waals surface area contributed by atoms with Crippen molar-refractivity contribution in [3.63, 3.8) is 0 Å². The minimum atomic E-state index is -1.05. The number of amides is 1. The molecule has 0 aromatic heterocycles. The number of carbonyl (C=O) groups is 2. The van der Waals surface area contributed by atoms with Crippen LogP contribution < -0.4 is 11.1 Å². The molecule has 0 aliphatic rings. The van der Waals surface area contributed by atoms with Gasteiger partial charge in [-0.2, -0.15) is 0 Å². The minimum Gasteiger partial charge on any atom is -0.478 e. The van der Waals surface area contributed by atoms with Crippen LogP contribution in [0.1, 0.15) is 16.8 Å². The lowest BCUT2D eigenvalue weighted by Crippen LogP contribution is -2.16. The molecule has 1 aromatic carbocycles. The zero-order valence-electron chi connectivity index (χ0n) is 8.37. The summed E-state index contributed by atoms with van der Waals surface area (Å²) in [6.45, 7) is 0.258. The van der Waals surface area contributed by atoms with Gasteiger partial charge in [0.1, 0.15) is 0 Å². The molecule has 0 aliphatic carbocycles. The summed E-state index contributed by atoms with van der Waals surface area (Å²) in [6.07, 6.45) is 0.207. The standard InChI is InChI=1S/C10H11BrN2O3/c11-8-2-1-6(5-7(8)10(15)16)13-9(14)3-4-12/h1-2,5H,3-4,12H2,(H,13,14)(H,15,16). The third kappa shape index (κ3) is 3.32. The van der Waals surface area contributed by atoms with Gasteiger partial charge in [0.05, 0.1) is 5.56 Å². The highest BCUT2D eigenvalue weighted by Gasteiger charge is 2.10. The Hall–Kier alpha value is -1.40. The van der Waals surface area contributed by atoms with Gasteiger partial charge < -0.3 is 16.2 Å².